The Balaban J connectivity index is 2.61. The van der Waals surface area contributed by atoms with Gasteiger partial charge >= 0.3 is 5.97 Å². The lowest BCUT2D eigenvalue weighted by molar-refractivity contribution is -0.154. The minimum Gasteiger partial charge on any atom is -0.481 e. The number of aliphatic carboxylic acids is 1. The fourth-order valence-corrected chi connectivity index (χ4v) is 1.47. The molecule has 1 heterocycles. The fourth-order valence-electron chi connectivity index (χ4n) is 1.47. The highest BCUT2D eigenvalue weighted by atomic mass is 16.5. The van der Waals surface area contributed by atoms with Crippen molar-refractivity contribution in [2.45, 2.75) is 12.8 Å². The first-order valence-electron chi connectivity index (χ1n) is 4.19. The largest absolute Gasteiger partial charge is 0.481 e. The Morgan fingerprint density at radius 2 is 2.15 bits per heavy atom. The van der Waals surface area contributed by atoms with Crippen molar-refractivity contribution >= 4 is 12.4 Å². The van der Waals surface area contributed by atoms with Gasteiger partial charge in [0.15, 0.2) is 0 Å². The van der Waals surface area contributed by atoms with Crippen LogP contribution in [-0.2, 0) is 14.3 Å². The smallest absolute Gasteiger partial charge is 0.311 e. The van der Waals surface area contributed by atoms with Gasteiger partial charge < -0.3 is 15.2 Å². The Bertz CT molecular complexity index is 198. The van der Waals surface area contributed by atoms with Crippen LogP contribution < -0.4 is 5.32 Å². The molecule has 0 bridgehead atoms. The van der Waals surface area contributed by atoms with Gasteiger partial charge in [-0.3, -0.25) is 9.59 Å². The monoisotopic (exact) mass is 187 g/mol. The van der Waals surface area contributed by atoms with Crippen molar-refractivity contribution in [3.8, 4) is 0 Å². The predicted octanol–water partition coefficient (Wildman–Crippen LogP) is -0.386. The minimum atomic E-state index is -0.856. The highest BCUT2D eigenvalue weighted by Crippen LogP contribution is 2.29. The van der Waals surface area contributed by atoms with Gasteiger partial charge in [0.25, 0.3) is 0 Å². The summed E-state index contributed by atoms with van der Waals surface area (Å²) in [6.45, 7) is 1.09. The molecule has 0 aromatic rings. The molecule has 1 aliphatic rings. The van der Waals surface area contributed by atoms with E-state index in [-0.39, 0.29) is 6.54 Å². The van der Waals surface area contributed by atoms with Gasteiger partial charge in [0.05, 0.1) is 5.41 Å². The summed E-state index contributed by atoms with van der Waals surface area (Å²) < 4.78 is 5.08. The van der Waals surface area contributed by atoms with Crippen LogP contribution in [-0.4, -0.2) is 37.2 Å². The molecule has 0 atom stereocenters. The Labute approximate surface area is 76.1 Å². The van der Waals surface area contributed by atoms with Crippen molar-refractivity contribution in [2.24, 2.45) is 5.41 Å². The lowest BCUT2D eigenvalue weighted by Gasteiger charge is -2.32. The molecule has 0 aromatic heterocycles. The third-order valence-electron chi connectivity index (χ3n) is 2.43. The summed E-state index contributed by atoms with van der Waals surface area (Å²) in [5.41, 5.74) is -0.820. The molecule has 74 valence electrons. The lowest BCUT2D eigenvalue weighted by atomic mass is 9.80. The molecule has 5 heteroatoms. The topological polar surface area (TPSA) is 75.6 Å². The van der Waals surface area contributed by atoms with E-state index in [0.29, 0.717) is 32.5 Å². The van der Waals surface area contributed by atoms with Gasteiger partial charge in [-0.1, -0.05) is 0 Å². The summed E-state index contributed by atoms with van der Waals surface area (Å²) in [4.78, 5) is 21.0. The van der Waals surface area contributed by atoms with Crippen LogP contribution in [0.1, 0.15) is 12.8 Å². The fraction of sp³-hybridized carbons (Fsp3) is 0.750. The van der Waals surface area contributed by atoms with Crippen LogP contribution in [0.15, 0.2) is 0 Å². The number of hydrogen-bond donors (Lipinski definition) is 2. The summed E-state index contributed by atoms with van der Waals surface area (Å²) >= 11 is 0. The highest BCUT2D eigenvalue weighted by Gasteiger charge is 2.39. The average molecular weight is 187 g/mol. The number of carbonyl (C=O) groups is 2. The SMILES string of the molecule is O=CNCC1(C(=O)O)CCOCC1. The second kappa shape index (κ2) is 4.23. The number of ether oxygens (including phenoxy) is 1. The first kappa shape index (κ1) is 9.98. The molecule has 0 saturated carbocycles. The van der Waals surface area contributed by atoms with E-state index in [1.54, 1.807) is 0 Å². The number of carboxylic acids is 1. The third kappa shape index (κ3) is 2.18. The maximum absolute atomic E-state index is 11.0. The maximum atomic E-state index is 11.0. The average Bonchev–Trinajstić information content (AvgIpc) is 2.16. The van der Waals surface area contributed by atoms with Crippen LogP contribution in [0.2, 0.25) is 0 Å². The highest BCUT2D eigenvalue weighted by molar-refractivity contribution is 5.75. The van der Waals surface area contributed by atoms with E-state index in [0.717, 1.165) is 0 Å². The molecule has 2 N–H and O–H groups in total. The van der Waals surface area contributed by atoms with E-state index in [1.165, 1.54) is 0 Å². The van der Waals surface area contributed by atoms with Crippen LogP contribution in [0.4, 0.5) is 0 Å². The van der Waals surface area contributed by atoms with E-state index >= 15 is 0 Å². The standard InChI is InChI=1S/C8H13NO4/c10-6-9-5-8(7(11)12)1-3-13-4-2-8/h6H,1-5H2,(H,9,10)(H,11,12). The molecule has 13 heavy (non-hydrogen) atoms. The van der Waals surface area contributed by atoms with Gasteiger partial charge in [-0.25, -0.2) is 0 Å². The van der Waals surface area contributed by atoms with Crippen LogP contribution in [0.5, 0.6) is 0 Å². The Kier molecular flexibility index (Phi) is 3.25. The van der Waals surface area contributed by atoms with Gasteiger partial charge in [0, 0.05) is 19.8 Å². The van der Waals surface area contributed by atoms with Crippen LogP contribution in [0.25, 0.3) is 0 Å². The minimum absolute atomic E-state index is 0.190. The zero-order valence-corrected chi connectivity index (χ0v) is 7.28. The predicted molar refractivity (Wildman–Crippen MR) is 44.2 cm³/mol. The number of carbonyl (C=O) groups excluding carboxylic acids is 1. The molecule has 0 spiro atoms. The number of amides is 1. The molecular weight excluding hydrogens is 174 g/mol. The van der Waals surface area contributed by atoms with Crippen LogP contribution >= 0.6 is 0 Å². The van der Waals surface area contributed by atoms with Crippen LogP contribution in [0.3, 0.4) is 0 Å². The molecule has 1 rings (SSSR count). The molecule has 0 unspecified atom stereocenters. The second-order valence-electron chi connectivity index (χ2n) is 3.20. The van der Waals surface area contributed by atoms with Gasteiger partial charge in [-0.2, -0.15) is 0 Å². The molecule has 1 fully saturated rings. The maximum Gasteiger partial charge on any atom is 0.311 e. The van der Waals surface area contributed by atoms with Crippen molar-refractivity contribution in [1.82, 2.24) is 5.32 Å². The first-order chi connectivity index (χ1) is 6.21. The van der Waals surface area contributed by atoms with Gasteiger partial charge in [0.1, 0.15) is 0 Å². The van der Waals surface area contributed by atoms with Crippen molar-refractivity contribution in [2.75, 3.05) is 19.8 Å². The molecule has 5 nitrogen and oxygen atoms in total. The molecule has 0 aliphatic carbocycles. The van der Waals surface area contributed by atoms with Crippen LogP contribution in [0, 0.1) is 5.41 Å². The van der Waals surface area contributed by atoms with E-state index < -0.39 is 11.4 Å². The van der Waals surface area contributed by atoms with Crippen molar-refractivity contribution in [3.05, 3.63) is 0 Å². The van der Waals surface area contributed by atoms with E-state index in [1.807, 2.05) is 0 Å². The molecule has 1 aliphatic heterocycles. The molecule has 0 aromatic carbocycles. The quantitative estimate of drug-likeness (QED) is 0.588. The summed E-state index contributed by atoms with van der Waals surface area (Å²) in [5.74, 6) is -0.856. The summed E-state index contributed by atoms with van der Waals surface area (Å²) in [5, 5.41) is 11.4. The van der Waals surface area contributed by atoms with Crippen molar-refractivity contribution < 1.29 is 19.4 Å². The summed E-state index contributed by atoms with van der Waals surface area (Å²) in [7, 11) is 0. The van der Waals surface area contributed by atoms with Crippen molar-refractivity contribution in [1.29, 1.82) is 0 Å². The zero-order chi connectivity index (χ0) is 9.73. The number of rotatable bonds is 4. The van der Waals surface area contributed by atoms with E-state index in [9.17, 15) is 9.59 Å². The molecule has 1 amide bonds. The zero-order valence-electron chi connectivity index (χ0n) is 7.28. The molecule has 1 saturated heterocycles. The third-order valence-corrected chi connectivity index (χ3v) is 2.43. The number of nitrogens with one attached hydrogen (secondary N) is 1. The first-order valence-corrected chi connectivity index (χ1v) is 4.19. The number of hydrogen-bond acceptors (Lipinski definition) is 3. The van der Waals surface area contributed by atoms with Gasteiger partial charge in [-0.05, 0) is 12.8 Å². The van der Waals surface area contributed by atoms with Gasteiger partial charge in [0.2, 0.25) is 6.41 Å². The summed E-state index contributed by atoms with van der Waals surface area (Å²) in [6, 6.07) is 0. The Morgan fingerprint density at radius 3 is 2.62 bits per heavy atom. The lowest BCUT2D eigenvalue weighted by Crippen LogP contribution is -2.44. The summed E-state index contributed by atoms with van der Waals surface area (Å²) in [6.07, 6.45) is 1.45. The van der Waals surface area contributed by atoms with E-state index in [4.69, 9.17) is 9.84 Å². The molecular formula is C8H13NO4. The Morgan fingerprint density at radius 1 is 1.54 bits per heavy atom. The normalized spacial score (nSPS) is 20.6. The van der Waals surface area contributed by atoms with Gasteiger partial charge in [-0.15, -0.1) is 0 Å². The molecule has 0 radical (unpaired) electrons. The number of carboxylic acid groups (broad SMARTS) is 1. The van der Waals surface area contributed by atoms with E-state index in [2.05, 4.69) is 5.32 Å². The Hall–Kier alpha value is -1.10. The second-order valence-corrected chi connectivity index (χ2v) is 3.20. The van der Waals surface area contributed by atoms with Crippen molar-refractivity contribution in [3.63, 3.8) is 0 Å².